The van der Waals surface area contributed by atoms with E-state index in [1.54, 1.807) is 6.07 Å². The summed E-state index contributed by atoms with van der Waals surface area (Å²) in [5.74, 6) is -0.438. The molecule has 1 aliphatic heterocycles. The van der Waals surface area contributed by atoms with Crippen molar-refractivity contribution in [2.45, 2.75) is 19.4 Å². The van der Waals surface area contributed by atoms with Crippen molar-refractivity contribution in [3.63, 3.8) is 0 Å². The molecular formula is C20H19N3O3. The van der Waals surface area contributed by atoms with Gasteiger partial charge < -0.3 is 10.1 Å². The zero-order chi connectivity index (χ0) is 18.1. The zero-order valence-electron chi connectivity index (χ0n) is 14.4. The molecule has 1 amide bonds. The van der Waals surface area contributed by atoms with Crippen LogP contribution >= 0.6 is 0 Å². The van der Waals surface area contributed by atoms with Crippen molar-refractivity contribution in [2.75, 3.05) is 13.2 Å². The van der Waals surface area contributed by atoms with Crippen LogP contribution in [0.2, 0.25) is 0 Å². The maximum atomic E-state index is 12.7. The van der Waals surface area contributed by atoms with Gasteiger partial charge in [-0.05, 0) is 36.6 Å². The topological polar surface area (TPSA) is 72.7 Å². The van der Waals surface area contributed by atoms with E-state index in [2.05, 4.69) is 16.4 Å². The van der Waals surface area contributed by atoms with E-state index in [1.807, 2.05) is 37.3 Å². The minimum absolute atomic E-state index is 0.0286. The highest BCUT2D eigenvalue weighted by atomic mass is 16.5. The number of benzene rings is 1. The predicted molar refractivity (Wildman–Crippen MR) is 97.4 cm³/mol. The largest absolute Gasteiger partial charge is 0.371 e. The average Bonchev–Trinajstić information content (AvgIpc) is 2.66. The van der Waals surface area contributed by atoms with Gasteiger partial charge in [0.05, 0.1) is 6.61 Å². The second kappa shape index (κ2) is 6.72. The van der Waals surface area contributed by atoms with Crippen LogP contribution in [0.25, 0.3) is 5.65 Å². The quantitative estimate of drug-likeness (QED) is 0.785. The molecule has 1 aromatic carbocycles. The van der Waals surface area contributed by atoms with Gasteiger partial charge in [0.2, 0.25) is 0 Å². The average molecular weight is 349 g/mol. The van der Waals surface area contributed by atoms with Crippen LogP contribution in [0.1, 0.15) is 33.3 Å². The molecular weight excluding hydrogens is 330 g/mol. The van der Waals surface area contributed by atoms with Gasteiger partial charge in [-0.2, -0.15) is 0 Å². The van der Waals surface area contributed by atoms with E-state index in [9.17, 15) is 9.59 Å². The van der Waals surface area contributed by atoms with Gasteiger partial charge in [0.15, 0.2) is 0 Å². The Kier molecular flexibility index (Phi) is 4.26. The summed E-state index contributed by atoms with van der Waals surface area (Å²) < 4.78 is 7.24. The van der Waals surface area contributed by atoms with Crippen LogP contribution in [0, 0.1) is 6.92 Å². The second-order valence-electron chi connectivity index (χ2n) is 6.36. The molecule has 2 aromatic heterocycles. The van der Waals surface area contributed by atoms with Gasteiger partial charge in [0.25, 0.3) is 11.5 Å². The molecule has 6 heteroatoms. The first-order chi connectivity index (χ1) is 12.6. The molecule has 3 aromatic rings. The number of fused-ring (bicyclic) bond motifs is 2. The van der Waals surface area contributed by atoms with Crippen molar-refractivity contribution in [3.8, 4) is 0 Å². The van der Waals surface area contributed by atoms with Crippen LogP contribution in [-0.4, -0.2) is 28.4 Å². The number of nitrogens with one attached hydrogen (secondary N) is 1. The minimum Gasteiger partial charge on any atom is -0.371 e. The molecule has 26 heavy (non-hydrogen) atoms. The number of rotatable bonds is 3. The second-order valence-corrected chi connectivity index (χ2v) is 6.36. The highest BCUT2D eigenvalue weighted by molar-refractivity contribution is 5.93. The van der Waals surface area contributed by atoms with E-state index in [1.165, 1.54) is 16.2 Å². The van der Waals surface area contributed by atoms with Gasteiger partial charge in [0, 0.05) is 18.4 Å². The standard InChI is InChI=1S/C20H19N3O3/c1-13-5-4-8-18-21-11-16(20(25)23(13)18)19(24)22-12-17-15-7-3-2-6-14(15)9-10-26-17/h2-8,11,17H,9-10,12H2,1H3,(H,22,24)/t17-/m0/s1. The molecule has 0 aliphatic carbocycles. The third-order valence-corrected chi connectivity index (χ3v) is 4.71. The number of aromatic nitrogens is 2. The Morgan fingerprint density at radius 3 is 3.00 bits per heavy atom. The SMILES string of the molecule is Cc1cccc2ncc(C(=O)NC[C@@H]3OCCc4ccccc43)c(=O)n12. The van der Waals surface area contributed by atoms with Gasteiger partial charge in [-0.15, -0.1) is 0 Å². The molecule has 132 valence electrons. The van der Waals surface area contributed by atoms with Crippen molar-refractivity contribution < 1.29 is 9.53 Å². The summed E-state index contributed by atoms with van der Waals surface area (Å²) in [5.41, 5.74) is 3.25. The molecule has 0 radical (unpaired) electrons. The fourth-order valence-electron chi connectivity index (χ4n) is 3.36. The monoisotopic (exact) mass is 349 g/mol. The maximum Gasteiger partial charge on any atom is 0.270 e. The molecule has 1 aliphatic rings. The Morgan fingerprint density at radius 2 is 2.12 bits per heavy atom. The van der Waals surface area contributed by atoms with Crippen LogP contribution in [0.15, 0.2) is 53.5 Å². The molecule has 0 spiro atoms. The zero-order valence-corrected chi connectivity index (χ0v) is 14.4. The van der Waals surface area contributed by atoms with E-state index in [0.29, 0.717) is 18.8 Å². The third kappa shape index (κ3) is 2.88. The van der Waals surface area contributed by atoms with E-state index >= 15 is 0 Å². The number of carbonyl (C=O) groups excluding carboxylic acids is 1. The molecule has 1 atom stereocenters. The summed E-state index contributed by atoms with van der Waals surface area (Å²) in [5, 5.41) is 2.82. The Morgan fingerprint density at radius 1 is 1.27 bits per heavy atom. The number of hydrogen-bond donors (Lipinski definition) is 1. The van der Waals surface area contributed by atoms with Gasteiger partial charge in [-0.25, -0.2) is 4.98 Å². The Labute approximate surface area is 150 Å². The van der Waals surface area contributed by atoms with Crippen LogP contribution in [-0.2, 0) is 11.2 Å². The summed E-state index contributed by atoms with van der Waals surface area (Å²) in [7, 11) is 0. The fourth-order valence-corrected chi connectivity index (χ4v) is 3.36. The molecule has 1 N–H and O–H groups in total. The van der Waals surface area contributed by atoms with Gasteiger partial charge in [-0.3, -0.25) is 14.0 Å². The number of aryl methyl sites for hydroxylation is 1. The lowest BCUT2D eigenvalue weighted by Crippen LogP contribution is -2.36. The normalized spacial score (nSPS) is 16.3. The molecule has 0 saturated carbocycles. The Balaban J connectivity index is 1.57. The first kappa shape index (κ1) is 16.5. The van der Waals surface area contributed by atoms with Crippen molar-refractivity contribution >= 4 is 11.6 Å². The summed E-state index contributed by atoms with van der Waals surface area (Å²) in [6, 6.07) is 13.4. The summed E-state index contributed by atoms with van der Waals surface area (Å²) in [6.45, 7) is 2.74. The number of hydrogen-bond acceptors (Lipinski definition) is 4. The van der Waals surface area contributed by atoms with Crippen molar-refractivity contribution in [1.29, 1.82) is 0 Å². The van der Waals surface area contributed by atoms with E-state index in [-0.39, 0.29) is 17.2 Å². The first-order valence-corrected chi connectivity index (χ1v) is 8.60. The molecule has 3 heterocycles. The molecule has 4 rings (SSSR count). The molecule has 6 nitrogen and oxygen atoms in total. The Bertz CT molecular complexity index is 1040. The third-order valence-electron chi connectivity index (χ3n) is 4.71. The fraction of sp³-hybridized carbons (Fsp3) is 0.250. The highest BCUT2D eigenvalue weighted by Gasteiger charge is 2.22. The van der Waals surface area contributed by atoms with Gasteiger partial charge in [-0.1, -0.05) is 30.3 Å². The molecule has 0 bridgehead atoms. The van der Waals surface area contributed by atoms with E-state index < -0.39 is 5.91 Å². The van der Waals surface area contributed by atoms with Crippen LogP contribution in [0.5, 0.6) is 0 Å². The van der Waals surface area contributed by atoms with E-state index in [4.69, 9.17) is 4.74 Å². The smallest absolute Gasteiger partial charge is 0.270 e. The van der Waals surface area contributed by atoms with Crippen LogP contribution < -0.4 is 10.9 Å². The number of carbonyl (C=O) groups is 1. The number of pyridine rings is 1. The van der Waals surface area contributed by atoms with Crippen molar-refractivity contribution in [3.05, 3.63) is 81.4 Å². The van der Waals surface area contributed by atoms with Crippen molar-refractivity contribution in [1.82, 2.24) is 14.7 Å². The van der Waals surface area contributed by atoms with Crippen LogP contribution in [0.4, 0.5) is 0 Å². The number of amides is 1. The highest BCUT2D eigenvalue weighted by Crippen LogP contribution is 2.26. The molecule has 0 saturated heterocycles. The summed E-state index contributed by atoms with van der Waals surface area (Å²) >= 11 is 0. The lowest BCUT2D eigenvalue weighted by atomic mass is 9.97. The number of nitrogens with zero attached hydrogens (tertiary/aromatic N) is 2. The van der Waals surface area contributed by atoms with Gasteiger partial charge >= 0.3 is 0 Å². The maximum absolute atomic E-state index is 12.7. The lowest BCUT2D eigenvalue weighted by Gasteiger charge is -2.26. The molecule has 0 fully saturated rings. The van der Waals surface area contributed by atoms with Crippen LogP contribution in [0.3, 0.4) is 0 Å². The number of ether oxygens (including phenoxy) is 1. The summed E-state index contributed by atoms with van der Waals surface area (Å²) in [6.07, 6.45) is 2.00. The lowest BCUT2D eigenvalue weighted by molar-refractivity contribution is 0.0411. The molecule has 0 unspecified atom stereocenters. The van der Waals surface area contributed by atoms with Crippen molar-refractivity contribution in [2.24, 2.45) is 0 Å². The van der Waals surface area contributed by atoms with E-state index in [0.717, 1.165) is 17.7 Å². The van der Waals surface area contributed by atoms with Gasteiger partial charge in [0.1, 0.15) is 17.3 Å². The summed E-state index contributed by atoms with van der Waals surface area (Å²) in [4.78, 5) is 29.5. The minimum atomic E-state index is -0.438. The first-order valence-electron chi connectivity index (χ1n) is 8.60. The predicted octanol–water partition coefficient (Wildman–Crippen LogP) is 2.05. The Hall–Kier alpha value is -2.99.